The van der Waals surface area contributed by atoms with Crippen LogP contribution in [0.15, 0.2) is 54.6 Å². The first-order chi connectivity index (χ1) is 10.2. The summed E-state index contributed by atoms with van der Waals surface area (Å²) in [6, 6.07) is 18.0. The first-order valence-corrected chi connectivity index (χ1v) is 6.74. The molecular formula is C18H17NO2. The van der Waals surface area contributed by atoms with Gasteiger partial charge in [-0.05, 0) is 34.7 Å². The van der Waals surface area contributed by atoms with Crippen LogP contribution in [0.5, 0.6) is 11.5 Å². The molecule has 3 aromatic carbocycles. The number of anilines is 1. The van der Waals surface area contributed by atoms with Gasteiger partial charge in [0.1, 0.15) is 0 Å². The van der Waals surface area contributed by atoms with Gasteiger partial charge >= 0.3 is 0 Å². The summed E-state index contributed by atoms with van der Waals surface area (Å²) < 4.78 is 10.7. The maximum absolute atomic E-state index is 6.06. The van der Waals surface area contributed by atoms with Crippen LogP contribution >= 0.6 is 0 Å². The minimum Gasteiger partial charge on any atom is -0.493 e. The third-order valence-corrected chi connectivity index (χ3v) is 3.65. The van der Waals surface area contributed by atoms with E-state index in [2.05, 4.69) is 12.1 Å². The first-order valence-electron chi connectivity index (χ1n) is 6.74. The molecule has 0 unspecified atom stereocenters. The molecule has 0 radical (unpaired) electrons. The molecule has 2 N–H and O–H groups in total. The summed E-state index contributed by atoms with van der Waals surface area (Å²) in [7, 11) is 3.28. The molecule has 3 aromatic rings. The Kier molecular flexibility index (Phi) is 3.40. The van der Waals surface area contributed by atoms with Gasteiger partial charge in [-0.2, -0.15) is 0 Å². The highest BCUT2D eigenvalue weighted by Gasteiger charge is 2.09. The summed E-state index contributed by atoms with van der Waals surface area (Å²) >= 11 is 0. The number of benzene rings is 3. The average molecular weight is 279 g/mol. The molecule has 3 rings (SSSR count). The topological polar surface area (TPSA) is 44.5 Å². The number of methoxy groups -OCH3 is 2. The van der Waals surface area contributed by atoms with E-state index in [4.69, 9.17) is 15.2 Å². The van der Waals surface area contributed by atoms with Crippen molar-refractivity contribution in [3.8, 4) is 22.6 Å². The Hall–Kier alpha value is -2.68. The Bertz CT molecular complexity index is 796. The van der Waals surface area contributed by atoms with Gasteiger partial charge in [0.25, 0.3) is 0 Å². The minimum atomic E-state index is 0.718. The molecule has 3 nitrogen and oxygen atoms in total. The first kappa shape index (κ1) is 13.3. The predicted molar refractivity (Wildman–Crippen MR) is 86.9 cm³/mol. The van der Waals surface area contributed by atoms with Crippen molar-refractivity contribution in [2.45, 2.75) is 0 Å². The lowest BCUT2D eigenvalue weighted by Crippen LogP contribution is -1.92. The molecule has 0 aliphatic heterocycles. The Morgan fingerprint density at radius 2 is 1.48 bits per heavy atom. The third kappa shape index (κ3) is 2.27. The zero-order valence-corrected chi connectivity index (χ0v) is 12.1. The van der Waals surface area contributed by atoms with E-state index < -0.39 is 0 Å². The summed E-state index contributed by atoms with van der Waals surface area (Å²) in [5, 5.41) is 2.19. The van der Waals surface area contributed by atoms with Crippen LogP contribution in [-0.2, 0) is 0 Å². The molecule has 0 saturated heterocycles. The fraction of sp³-hybridized carbons (Fsp3) is 0.111. The number of hydrogen-bond donors (Lipinski definition) is 1. The van der Waals surface area contributed by atoms with Crippen LogP contribution in [0.1, 0.15) is 0 Å². The molecule has 0 aromatic heterocycles. The Labute approximate surface area is 123 Å². The zero-order chi connectivity index (χ0) is 14.8. The number of nitrogens with two attached hydrogens (primary N) is 1. The average Bonchev–Trinajstić information content (AvgIpc) is 2.54. The van der Waals surface area contributed by atoms with Crippen molar-refractivity contribution in [3.05, 3.63) is 54.6 Å². The van der Waals surface area contributed by atoms with Crippen molar-refractivity contribution in [1.29, 1.82) is 0 Å². The van der Waals surface area contributed by atoms with E-state index in [1.165, 1.54) is 0 Å². The van der Waals surface area contributed by atoms with E-state index in [0.29, 0.717) is 0 Å². The lowest BCUT2D eigenvalue weighted by molar-refractivity contribution is 0.355. The molecular weight excluding hydrogens is 262 g/mol. The second-order valence-corrected chi connectivity index (χ2v) is 4.82. The Balaban J connectivity index is 2.23. The summed E-state index contributed by atoms with van der Waals surface area (Å²) in [6.07, 6.45) is 0. The van der Waals surface area contributed by atoms with Gasteiger partial charge in [-0.25, -0.2) is 0 Å². The highest BCUT2D eigenvalue weighted by atomic mass is 16.5. The van der Waals surface area contributed by atoms with Crippen molar-refractivity contribution < 1.29 is 9.47 Å². The van der Waals surface area contributed by atoms with E-state index >= 15 is 0 Å². The standard InChI is InChI=1S/C18H17NO2/c1-20-17-10-9-12(11-18(17)21-2)13-5-3-7-15-14(13)6-4-8-16(15)19/h3-11H,19H2,1-2H3. The molecule has 106 valence electrons. The molecule has 0 atom stereocenters. The van der Waals surface area contributed by atoms with Crippen molar-refractivity contribution in [3.63, 3.8) is 0 Å². The SMILES string of the molecule is COc1ccc(-c2cccc3c(N)cccc23)cc1OC. The lowest BCUT2D eigenvalue weighted by atomic mass is 9.97. The number of fused-ring (bicyclic) bond motifs is 1. The van der Waals surface area contributed by atoms with Crippen LogP contribution in [0, 0.1) is 0 Å². The van der Waals surface area contributed by atoms with E-state index in [1.54, 1.807) is 14.2 Å². The van der Waals surface area contributed by atoms with Crippen molar-refractivity contribution >= 4 is 16.5 Å². The van der Waals surface area contributed by atoms with Crippen LogP contribution in [0.25, 0.3) is 21.9 Å². The minimum absolute atomic E-state index is 0.718. The fourth-order valence-corrected chi connectivity index (χ4v) is 2.59. The van der Waals surface area contributed by atoms with Crippen LogP contribution in [0.4, 0.5) is 5.69 Å². The molecule has 0 heterocycles. The summed E-state index contributed by atoms with van der Waals surface area (Å²) in [6.45, 7) is 0. The third-order valence-electron chi connectivity index (χ3n) is 3.65. The van der Waals surface area contributed by atoms with E-state index in [-0.39, 0.29) is 0 Å². The van der Waals surface area contributed by atoms with Crippen LogP contribution < -0.4 is 15.2 Å². The molecule has 0 fully saturated rings. The summed E-state index contributed by atoms with van der Waals surface area (Å²) in [4.78, 5) is 0. The predicted octanol–water partition coefficient (Wildman–Crippen LogP) is 4.11. The fourth-order valence-electron chi connectivity index (χ4n) is 2.59. The quantitative estimate of drug-likeness (QED) is 0.734. The number of hydrogen-bond acceptors (Lipinski definition) is 3. The Morgan fingerprint density at radius 3 is 2.24 bits per heavy atom. The van der Waals surface area contributed by atoms with E-state index in [1.807, 2.05) is 42.5 Å². The normalized spacial score (nSPS) is 10.6. The van der Waals surface area contributed by atoms with Crippen molar-refractivity contribution in [2.24, 2.45) is 0 Å². The number of ether oxygens (including phenoxy) is 2. The smallest absolute Gasteiger partial charge is 0.161 e. The molecule has 0 saturated carbocycles. The number of nitrogen functional groups attached to an aromatic ring is 1. The van der Waals surface area contributed by atoms with Gasteiger partial charge < -0.3 is 15.2 Å². The molecule has 0 amide bonds. The van der Waals surface area contributed by atoms with E-state index in [9.17, 15) is 0 Å². The maximum Gasteiger partial charge on any atom is 0.161 e. The van der Waals surface area contributed by atoms with Gasteiger partial charge in [-0.3, -0.25) is 0 Å². The highest BCUT2D eigenvalue weighted by molar-refractivity contribution is 6.02. The lowest BCUT2D eigenvalue weighted by Gasteiger charge is -2.12. The second-order valence-electron chi connectivity index (χ2n) is 4.82. The van der Waals surface area contributed by atoms with Crippen molar-refractivity contribution in [1.82, 2.24) is 0 Å². The largest absolute Gasteiger partial charge is 0.493 e. The van der Waals surface area contributed by atoms with Crippen molar-refractivity contribution in [2.75, 3.05) is 20.0 Å². The van der Waals surface area contributed by atoms with Gasteiger partial charge in [0.2, 0.25) is 0 Å². The highest BCUT2D eigenvalue weighted by Crippen LogP contribution is 2.36. The van der Waals surface area contributed by atoms with Crippen LogP contribution in [-0.4, -0.2) is 14.2 Å². The maximum atomic E-state index is 6.06. The van der Waals surface area contributed by atoms with Crippen LogP contribution in [0.2, 0.25) is 0 Å². The van der Waals surface area contributed by atoms with Gasteiger partial charge in [-0.15, -0.1) is 0 Å². The second kappa shape index (κ2) is 5.37. The van der Waals surface area contributed by atoms with E-state index in [0.717, 1.165) is 39.1 Å². The molecule has 0 aliphatic carbocycles. The van der Waals surface area contributed by atoms with Crippen LogP contribution in [0.3, 0.4) is 0 Å². The van der Waals surface area contributed by atoms with Gasteiger partial charge in [0, 0.05) is 11.1 Å². The Morgan fingerprint density at radius 1 is 0.762 bits per heavy atom. The van der Waals surface area contributed by atoms with Gasteiger partial charge in [0.15, 0.2) is 11.5 Å². The molecule has 3 heteroatoms. The summed E-state index contributed by atoms with van der Waals surface area (Å²) in [5.74, 6) is 1.44. The molecule has 0 bridgehead atoms. The summed E-state index contributed by atoms with van der Waals surface area (Å²) in [5.41, 5.74) is 9.05. The van der Waals surface area contributed by atoms with Gasteiger partial charge in [-0.1, -0.05) is 36.4 Å². The molecule has 21 heavy (non-hydrogen) atoms. The molecule has 0 spiro atoms. The van der Waals surface area contributed by atoms with Gasteiger partial charge in [0.05, 0.1) is 14.2 Å². The monoisotopic (exact) mass is 279 g/mol. The zero-order valence-electron chi connectivity index (χ0n) is 12.1. The number of rotatable bonds is 3. The molecule has 0 aliphatic rings.